The third-order valence-electron chi connectivity index (χ3n) is 5.02. The lowest BCUT2D eigenvalue weighted by atomic mass is 10.1. The average molecular weight is 455 g/mol. The zero-order chi connectivity index (χ0) is 21.4. The van der Waals surface area contributed by atoms with Crippen LogP contribution in [0.15, 0.2) is 47.4 Å². The van der Waals surface area contributed by atoms with Crippen LogP contribution < -0.4 is 0 Å². The molecule has 1 aliphatic heterocycles. The zero-order valence-electron chi connectivity index (χ0n) is 16.0. The van der Waals surface area contributed by atoms with Crippen LogP contribution in [0.25, 0.3) is 17.0 Å². The van der Waals surface area contributed by atoms with Crippen LogP contribution in [0, 0.1) is 19.3 Å². The Morgan fingerprint density at radius 1 is 1.17 bits per heavy atom. The van der Waals surface area contributed by atoms with Crippen LogP contribution in [0.3, 0.4) is 0 Å². The highest BCUT2D eigenvalue weighted by Gasteiger charge is 2.34. The van der Waals surface area contributed by atoms with E-state index in [0.29, 0.717) is 21.5 Å². The molecule has 4 nitrogen and oxygen atoms in total. The summed E-state index contributed by atoms with van der Waals surface area (Å²) in [6.07, 6.45) is 7.06. The first kappa shape index (κ1) is 20.6. The Balaban J connectivity index is 1.81. The number of hydrogen-bond acceptors (Lipinski definition) is 3. The number of aromatic nitrogens is 1. The second-order valence-electron chi connectivity index (χ2n) is 6.81. The molecule has 4 rings (SSSR count). The molecule has 1 aliphatic rings. The van der Waals surface area contributed by atoms with Gasteiger partial charge in [-0.05, 0) is 48.5 Å². The topological polar surface area (TPSA) is 42.3 Å². The lowest BCUT2D eigenvalue weighted by Crippen LogP contribution is -2.28. The van der Waals surface area contributed by atoms with Gasteiger partial charge in [0.25, 0.3) is 11.1 Å². The summed E-state index contributed by atoms with van der Waals surface area (Å²) in [5.74, 6) is 1.99. The Morgan fingerprint density at radius 3 is 2.67 bits per heavy atom. The number of carbonyl (C=O) groups excluding carboxylic acids is 2. The maximum Gasteiger partial charge on any atom is 0.294 e. The molecule has 0 saturated carbocycles. The molecule has 0 aliphatic carbocycles. The van der Waals surface area contributed by atoms with Crippen molar-refractivity contribution in [2.75, 3.05) is 6.54 Å². The van der Waals surface area contributed by atoms with Gasteiger partial charge >= 0.3 is 0 Å². The van der Waals surface area contributed by atoms with Gasteiger partial charge in [-0.25, -0.2) is 0 Å². The Kier molecular flexibility index (Phi) is 5.66. The number of para-hydroxylation sites is 1. The third-order valence-corrected chi connectivity index (χ3v) is 6.52. The van der Waals surface area contributed by atoms with E-state index in [0.717, 1.165) is 44.4 Å². The smallest absolute Gasteiger partial charge is 0.294 e. The predicted octanol–water partition coefficient (Wildman–Crippen LogP) is 5.97. The number of nitrogens with zero attached hydrogens (tertiary/aromatic N) is 2. The van der Waals surface area contributed by atoms with E-state index in [-0.39, 0.29) is 17.7 Å². The van der Waals surface area contributed by atoms with Crippen LogP contribution in [0.5, 0.6) is 0 Å². The number of hydrogen-bond donors (Lipinski definition) is 0. The Labute approximate surface area is 188 Å². The molecule has 0 spiro atoms. The first-order valence-corrected chi connectivity index (χ1v) is 10.7. The number of imide groups is 1. The quantitative estimate of drug-likeness (QED) is 0.359. The number of benzene rings is 2. The van der Waals surface area contributed by atoms with Crippen molar-refractivity contribution < 1.29 is 9.59 Å². The van der Waals surface area contributed by atoms with E-state index in [1.807, 2.05) is 43.3 Å². The van der Waals surface area contributed by atoms with Crippen molar-refractivity contribution in [3.63, 3.8) is 0 Å². The van der Waals surface area contributed by atoms with E-state index in [1.54, 1.807) is 12.1 Å². The van der Waals surface area contributed by atoms with Gasteiger partial charge in [-0.2, -0.15) is 0 Å². The van der Waals surface area contributed by atoms with Crippen LogP contribution in [0.2, 0.25) is 10.0 Å². The van der Waals surface area contributed by atoms with Crippen LogP contribution in [-0.4, -0.2) is 27.2 Å². The monoisotopic (exact) mass is 454 g/mol. The summed E-state index contributed by atoms with van der Waals surface area (Å²) in [7, 11) is 0. The van der Waals surface area contributed by atoms with E-state index in [4.69, 9.17) is 29.6 Å². The predicted molar refractivity (Wildman–Crippen MR) is 124 cm³/mol. The summed E-state index contributed by atoms with van der Waals surface area (Å²) in [5, 5.41) is 1.82. The number of terminal acetylenes is 1. The van der Waals surface area contributed by atoms with Crippen molar-refractivity contribution in [3.8, 4) is 12.3 Å². The molecule has 2 aromatic carbocycles. The van der Waals surface area contributed by atoms with Gasteiger partial charge in [0, 0.05) is 38.8 Å². The first-order valence-electron chi connectivity index (χ1n) is 9.11. The zero-order valence-corrected chi connectivity index (χ0v) is 18.3. The first-order chi connectivity index (χ1) is 14.4. The van der Waals surface area contributed by atoms with Gasteiger partial charge in [-0.15, -0.1) is 6.42 Å². The lowest BCUT2D eigenvalue weighted by molar-refractivity contribution is -0.122. The molecule has 0 N–H and O–H groups in total. The summed E-state index contributed by atoms with van der Waals surface area (Å²) in [5.41, 5.74) is 3.80. The van der Waals surface area contributed by atoms with Crippen molar-refractivity contribution in [2.24, 2.45) is 0 Å². The largest absolute Gasteiger partial charge is 0.340 e. The molecule has 0 bridgehead atoms. The molecular formula is C23H16Cl2N2O2S. The van der Waals surface area contributed by atoms with Crippen LogP contribution >= 0.6 is 35.0 Å². The molecule has 3 aromatic rings. The highest BCUT2D eigenvalue weighted by Crippen LogP contribution is 2.36. The number of fused-ring (bicyclic) bond motifs is 1. The van der Waals surface area contributed by atoms with Gasteiger partial charge in [0.05, 0.1) is 11.4 Å². The van der Waals surface area contributed by atoms with Crippen LogP contribution in [0.1, 0.15) is 16.8 Å². The fraction of sp³-hybridized carbons (Fsp3) is 0.130. The van der Waals surface area contributed by atoms with E-state index < -0.39 is 0 Å². The summed E-state index contributed by atoms with van der Waals surface area (Å²) >= 11 is 13.3. The Morgan fingerprint density at radius 2 is 1.93 bits per heavy atom. The van der Waals surface area contributed by atoms with E-state index in [1.165, 1.54) is 0 Å². The minimum Gasteiger partial charge on any atom is -0.340 e. The number of thioether (sulfide) groups is 1. The summed E-state index contributed by atoms with van der Waals surface area (Å²) in [6.45, 7) is 2.51. The van der Waals surface area contributed by atoms with Crippen molar-refractivity contribution in [3.05, 3.63) is 74.2 Å². The number of carbonyl (C=O) groups is 2. The standard InChI is InChI=1S/C23H16Cl2N2O2S/c1-3-10-26-22(28)21(30-23(26)29)12-18-14(2)27(20-7-5-4-6-17(18)20)13-15-8-9-16(24)11-19(15)25/h1,4-9,11-12H,10,13H2,2H3/b21-12+. The summed E-state index contributed by atoms with van der Waals surface area (Å²) in [4.78, 5) is 26.2. The molecule has 7 heteroatoms. The molecule has 30 heavy (non-hydrogen) atoms. The van der Waals surface area contributed by atoms with Gasteiger partial charge in [-0.3, -0.25) is 14.5 Å². The molecule has 0 radical (unpaired) electrons. The highest BCUT2D eigenvalue weighted by molar-refractivity contribution is 8.18. The maximum absolute atomic E-state index is 12.6. The van der Waals surface area contributed by atoms with E-state index >= 15 is 0 Å². The fourth-order valence-corrected chi connectivity index (χ4v) is 4.81. The summed E-state index contributed by atoms with van der Waals surface area (Å²) < 4.78 is 2.14. The Hall–Kier alpha value is -2.65. The van der Waals surface area contributed by atoms with Gasteiger partial charge < -0.3 is 4.57 Å². The summed E-state index contributed by atoms with van der Waals surface area (Å²) in [6, 6.07) is 13.4. The van der Waals surface area contributed by atoms with Crippen molar-refractivity contribution in [1.29, 1.82) is 0 Å². The lowest BCUT2D eigenvalue weighted by Gasteiger charge is -2.11. The molecule has 150 valence electrons. The van der Waals surface area contributed by atoms with Gasteiger partial charge in [0.1, 0.15) is 0 Å². The van der Waals surface area contributed by atoms with Gasteiger partial charge in [0.2, 0.25) is 0 Å². The third kappa shape index (κ3) is 3.63. The SMILES string of the molecule is C#CCN1C(=O)S/C(=C/c2c(C)n(Cc3ccc(Cl)cc3Cl)c3ccccc23)C1=O. The van der Waals surface area contributed by atoms with Crippen LogP contribution in [0.4, 0.5) is 4.79 Å². The molecule has 1 saturated heterocycles. The minimum atomic E-state index is -0.361. The molecule has 2 heterocycles. The Bertz CT molecular complexity index is 1270. The van der Waals surface area contributed by atoms with E-state index in [2.05, 4.69) is 10.5 Å². The number of rotatable bonds is 4. The molecule has 1 aromatic heterocycles. The second kappa shape index (κ2) is 8.23. The molecule has 2 amide bonds. The molecule has 0 unspecified atom stereocenters. The minimum absolute atomic E-state index is 0.0299. The molecule has 0 atom stereocenters. The fourth-order valence-electron chi connectivity index (χ4n) is 3.52. The number of amides is 2. The van der Waals surface area contributed by atoms with E-state index in [9.17, 15) is 9.59 Å². The number of halogens is 2. The van der Waals surface area contributed by atoms with Crippen molar-refractivity contribution in [1.82, 2.24) is 9.47 Å². The van der Waals surface area contributed by atoms with Crippen molar-refractivity contribution in [2.45, 2.75) is 13.5 Å². The van der Waals surface area contributed by atoms with Gasteiger partial charge in [0.15, 0.2) is 0 Å². The van der Waals surface area contributed by atoms with Gasteiger partial charge in [-0.1, -0.05) is 53.4 Å². The van der Waals surface area contributed by atoms with Crippen molar-refractivity contribution >= 4 is 63.1 Å². The average Bonchev–Trinajstić information content (AvgIpc) is 3.13. The highest BCUT2D eigenvalue weighted by atomic mass is 35.5. The van der Waals surface area contributed by atoms with Crippen LogP contribution in [-0.2, 0) is 11.3 Å². The normalized spacial score (nSPS) is 15.4. The molecule has 1 fully saturated rings. The second-order valence-corrected chi connectivity index (χ2v) is 8.65. The molecular weight excluding hydrogens is 439 g/mol. The maximum atomic E-state index is 12.6.